The molecule has 31 heavy (non-hydrogen) atoms. The number of ether oxygens (including phenoxy) is 2. The summed E-state index contributed by atoms with van der Waals surface area (Å²) in [5, 5.41) is 3.54. The molecule has 1 aromatic heterocycles. The molecular weight excluding hydrogens is 478 g/mol. The Bertz CT molecular complexity index is 925. The maximum Gasteiger partial charge on any atom is 0.341 e. The smallest absolute Gasteiger partial charge is 0.341 e. The van der Waals surface area contributed by atoms with Gasteiger partial charge in [0.25, 0.3) is 5.91 Å². The third kappa shape index (κ3) is 6.10. The van der Waals surface area contributed by atoms with Gasteiger partial charge in [0, 0.05) is 10.4 Å². The van der Waals surface area contributed by atoms with E-state index >= 15 is 0 Å². The summed E-state index contributed by atoms with van der Waals surface area (Å²) in [6.07, 6.45) is 8.53. The van der Waals surface area contributed by atoms with E-state index in [1.165, 1.54) is 29.1 Å². The minimum absolute atomic E-state index is 0.251. The van der Waals surface area contributed by atoms with Gasteiger partial charge in [0.1, 0.15) is 10.8 Å². The predicted octanol–water partition coefficient (Wildman–Crippen LogP) is 6.78. The molecule has 0 unspecified atom stereocenters. The quantitative estimate of drug-likeness (QED) is 0.284. The van der Waals surface area contributed by atoms with Gasteiger partial charge in [-0.2, -0.15) is 0 Å². The number of hydrogen-bond acceptors (Lipinski definition) is 5. The zero-order valence-electron chi connectivity index (χ0n) is 18.2. The van der Waals surface area contributed by atoms with Crippen LogP contribution in [-0.2, 0) is 17.6 Å². The fraction of sp³-hybridized carbons (Fsp3) is 0.500. The number of halogens is 1. The standard InChI is InChI=1S/C24H30BrNO4S/c1-3-5-6-9-14-30-19-13-12-16(15-18(19)25)22(27)26-23-21(24(28)29-4-2)17-10-7-8-11-20(17)31-23/h12-13,15H,3-11,14H2,1-2H3,(H,26,27). The van der Waals surface area contributed by atoms with Gasteiger partial charge in [-0.25, -0.2) is 4.79 Å². The summed E-state index contributed by atoms with van der Waals surface area (Å²) < 4.78 is 11.8. The molecule has 0 aliphatic heterocycles. The number of carbonyl (C=O) groups is 2. The Morgan fingerprint density at radius 2 is 1.94 bits per heavy atom. The van der Waals surface area contributed by atoms with Gasteiger partial charge in [-0.3, -0.25) is 4.79 Å². The molecule has 0 spiro atoms. The second-order valence-electron chi connectivity index (χ2n) is 7.64. The average molecular weight is 508 g/mol. The molecule has 5 nitrogen and oxygen atoms in total. The maximum absolute atomic E-state index is 12.9. The van der Waals surface area contributed by atoms with Crippen molar-refractivity contribution in [2.24, 2.45) is 0 Å². The van der Waals surface area contributed by atoms with Gasteiger partial charge in [0.2, 0.25) is 0 Å². The number of carbonyl (C=O) groups excluding carboxylic acids is 2. The van der Waals surface area contributed by atoms with Crippen LogP contribution < -0.4 is 10.1 Å². The monoisotopic (exact) mass is 507 g/mol. The van der Waals surface area contributed by atoms with Crippen LogP contribution in [0.4, 0.5) is 5.00 Å². The van der Waals surface area contributed by atoms with Gasteiger partial charge in [-0.15, -0.1) is 11.3 Å². The lowest BCUT2D eigenvalue weighted by Crippen LogP contribution is -2.16. The van der Waals surface area contributed by atoms with Crippen molar-refractivity contribution in [1.29, 1.82) is 0 Å². The third-order valence-electron chi connectivity index (χ3n) is 5.33. The van der Waals surface area contributed by atoms with E-state index in [0.717, 1.165) is 54.3 Å². The predicted molar refractivity (Wildman–Crippen MR) is 129 cm³/mol. The number of unbranched alkanes of at least 4 members (excludes halogenated alkanes) is 3. The highest BCUT2D eigenvalue weighted by Crippen LogP contribution is 2.39. The Labute approximate surface area is 196 Å². The van der Waals surface area contributed by atoms with Crippen molar-refractivity contribution in [2.75, 3.05) is 18.5 Å². The molecule has 1 amide bonds. The van der Waals surface area contributed by atoms with Crippen LogP contribution in [0, 0.1) is 0 Å². The highest BCUT2D eigenvalue weighted by atomic mass is 79.9. The van der Waals surface area contributed by atoms with E-state index in [2.05, 4.69) is 28.2 Å². The average Bonchev–Trinajstić information content (AvgIpc) is 3.12. The summed E-state index contributed by atoms with van der Waals surface area (Å²) in [5.74, 6) is 0.122. The second-order valence-corrected chi connectivity index (χ2v) is 9.60. The number of nitrogens with one attached hydrogen (secondary N) is 1. The van der Waals surface area contributed by atoms with Crippen molar-refractivity contribution in [2.45, 2.75) is 65.2 Å². The van der Waals surface area contributed by atoms with Gasteiger partial charge < -0.3 is 14.8 Å². The molecule has 0 atom stereocenters. The third-order valence-corrected chi connectivity index (χ3v) is 7.15. The van der Waals surface area contributed by atoms with Crippen molar-refractivity contribution in [1.82, 2.24) is 0 Å². The molecule has 7 heteroatoms. The van der Waals surface area contributed by atoms with E-state index < -0.39 is 0 Å². The first kappa shape index (κ1) is 23.8. The number of anilines is 1. The van der Waals surface area contributed by atoms with Crippen LogP contribution in [0.2, 0.25) is 0 Å². The molecule has 0 fully saturated rings. The molecule has 1 aliphatic carbocycles. The topological polar surface area (TPSA) is 64.6 Å². The number of benzene rings is 1. The zero-order chi connectivity index (χ0) is 22.2. The Hall–Kier alpha value is -1.86. The lowest BCUT2D eigenvalue weighted by molar-refractivity contribution is 0.0526. The van der Waals surface area contributed by atoms with Crippen LogP contribution in [0.25, 0.3) is 0 Å². The molecule has 1 aliphatic rings. The maximum atomic E-state index is 12.9. The molecule has 2 aromatic rings. The first-order chi connectivity index (χ1) is 15.0. The minimum Gasteiger partial charge on any atom is -0.492 e. The number of rotatable bonds is 10. The number of esters is 1. The Balaban J connectivity index is 1.72. The first-order valence-corrected chi connectivity index (χ1v) is 12.7. The van der Waals surface area contributed by atoms with Crippen molar-refractivity contribution in [3.8, 4) is 5.75 Å². The molecule has 0 bridgehead atoms. The molecule has 1 N–H and O–H groups in total. The van der Waals surface area contributed by atoms with Crippen LogP contribution in [0.1, 0.15) is 83.5 Å². The van der Waals surface area contributed by atoms with Crippen LogP contribution in [0.5, 0.6) is 5.75 Å². The van der Waals surface area contributed by atoms with Crippen molar-refractivity contribution in [3.05, 3.63) is 44.2 Å². The molecule has 0 saturated carbocycles. The van der Waals surface area contributed by atoms with Crippen LogP contribution in [0.15, 0.2) is 22.7 Å². The van der Waals surface area contributed by atoms with Crippen molar-refractivity contribution in [3.63, 3.8) is 0 Å². The lowest BCUT2D eigenvalue weighted by Gasteiger charge is -2.12. The molecule has 0 radical (unpaired) electrons. The fourth-order valence-corrected chi connectivity index (χ4v) is 5.48. The SMILES string of the molecule is CCCCCCOc1ccc(C(=O)Nc2sc3c(c2C(=O)OCC)CCCC3)cc1Br. The van der Waals surface area contributed by atoms with Gasteiger partial charge in [0.15, 0.2) is 0 Å². The number of thiophene rings is 1. The van der Waals surface area contributed by atoms with Gasteiger partial charge >= 0.3 is 5.97 Å². The Kier molecular flexibility index (Phi) is 8.96. The van der Waals surface area contributed by atoms with Crippen molar-refractivity contribution < 1.29 is 19.1 Å². The van der Waals surface area contributed by atoms with Gasteiger partial charge in [-0.1, -0.05) is 26.2 Å². The highest BCUT2D eigenvalue weighted by molar-refractivity contribution is 9.10. The van der Waals surface area contributed by atoms with Gasteiger partial charge in [0.05, 0.1) is 23.2 Å². The minimum atomic E-state index is -0.356. The summed E-state index contributed by atoms with van der Waals surface area (Å²) in [5.41, 5.74) is 2.07. The van der Waals surface area contributed by atoms with Crippen molar-refractivity contribution >= 4 is 44.1 Å². The lowest BCUT2D eigenvalue weighted by atomic mass is 9.95. The summed E-state index contributed by atoms with van der Waals surface area (Å²) in [6, 6.07) is 5.32. The summed E-state index contributed by atoms with van der Waals surface area (Å²) in [7, 11) is 0. The molecule has 1 aromatic carbocycles. The van der Waals surface area contributed by atoms with Crippen LogP contribution in [-0.4, -0.2) is 25.1 Å². The van der Waals surface area contributed by atoms with Gasteiger partial charge in [-0.05, 0) is 78.7 Å². The fourth-order valence-electron chi connectivity index (χ4n) is 3.72. The van der Waals surface area contributed by atoms with E-state index in [-0.39, 0.29) is 11.9 Å². The molecule has 168 valence electrons. The number of hydrogen-bond donors (Lipinski definition) is 1. The summed E-state index contributed by atoms with van der Waals surface area (Å²) in [6.45, 7) is 4.94. The van der Waals surface area contributed by atoms with E-state index in [9.17, 15) is 9.59 Å². The molecule has 1 heterocycles. The summed E-state index contributed by atoms with van der Waals surface area (Å²) in [4.78, 5) is 26.7. The Morgan fingerprint density at radius 3 is 2.68 bits per heavy atom. The second kappa shape index (κ2) is 11.7. The highest BCUT2D eigenvalue weighted by Gasteiger charge is 2.27. The number of fused-ring (bicyclic) bond motifs is 1. The van der Waals surface area contributed by atoms with E-state index in [1.54, 1.807) is 19.1 Å². The van der Waals surface area contributed by atoms with Crippen LogP contribution >= 0.6 is 27.3 Å². The Morgan fingerprint density at radius 1 is 1.13 bits per heavy atom. The largest absolute Gasteiger partial charge is 0.492 e. The summed E-state index contributed by atoms with van der Waals surface area (Å²) >= 11 is 5.01. The van der Waals surface area contributed by atoms with E-state index in [4.69, 9.17) is 9.47 Å². The number of aryl methyl sites for hydroxylation is 1. The molecule has 3 rings (SSSR count). The van der Waals surface area contributed by atoms with E-state index in [1.807, 2.05) is 6.07 Å². The molecule has 0 saturated heterocycles. The first-order valence-electron chi connectivity index (χ1n) is 11.1. The molecular formula is C24H30BrNO4S. The number of amides is 1. The zero-order valence-corrected chi connectivity index (χ0v) is 20.6. The van der Waals surface area contributed by atoms with Crippen LogP contribution in [0.3, 0.4) is 0 Å². The normalized spacial score (nSPS) is 12.9. The van der Waals surface area contributed by atoms with E-state index in [0.29, 0.717) is 29.3 Å².